The summed E-state index contributed by atoms with van der Waals surface area (Å²) in [6, 6.07) is 8.38. The van der Waals surface area contributed by atoms with Crippen LogP contribution in [0.5, 0.6) is 0 Å². The monoisotopic (exact) mass is 312 g/mol. The van der Waals surface area contributed by atoms with Crippen LogP contribution in [-0.2, 0) is 16.8 Å². The molecule has 0 saturated carbocycles. The largest absolute Gasteiger partial charge is 0.402 e. The van der Waals surface area contributed by atoms with E-state index in [0.717, 1.165) is 4.31 Å². The summed E-state index contributed by atoms with van der Waals surface area (Å²) in [5.41, 5.74) is 0.610. The van der Waals surface area contributed by atoms with Crippen molar-refractivity contribution in [3.63, 3.8) is 0 Å². The van der Waals surface area contributed by atoms with Crippen LogP contribution in [0, 0.1) is 0 Å². The molecule has 0 heterocycles. The van der Waals surface area contributed by atoms with Crippen molar-refractivity contribution in [1.82, 2.24) is 9.03 Å². The Hall–Kier alpha value is -1.16. The quantitative estimate of drug-likeness (QED) is 0.785. The van der Waals surface area contributed by atoms with Crippen LogP contribution in [-0.4, -0.2) is 43.7 Å². The van der Waals surface area contributed by atoms with E-state index in [0.29, 0.717) is 5.56 Å². The molecule has 0 spiro atoms. The maximum Gasteiger partial charge on any atom is 0.402 e. The summed E-state index contributed by atoms with van der Waals surface area (Å²) in [4.78, 5) is 0. The number of aliphatic hydroxyl groups is 1. The summed E-state index contributed by atoms with van der Waals surface area (Å²) in [6.07, 6.45) is -4.63. The van der Waals surface area contributed by atoms with E-state index in [1.54, 1.807) is 30.3 Å². The molecule has 5 nitrogen and oxygen atoms in total. The average molecular weight is 312 g/mol. The van der Waals surface area contributed by atoms with Crippen molar-refractivity contribution in [3.05, 3.63) is 35.9 Å². The lowest BCUT2D eigenvalue weighted by atomic mass is 10.2. The van der Waals surface area contributed by atoms with Crippen LogP contribution < -0.4 is 4.72 Å². The summed E-state index contributed by atoms with van der Waals surface area (Å²) in [7, 11) is -4.31. The van der Waals surface area contributed by atoms with E-state index >= 15 is 0 Å². The first-order chi connectivity index (χ1) is 9.24. The molecule has 0 aliphatic rings. The van der Waals surface area contributed by atoms with E-state index in [9.17, 15) is 21.6 Å². The lowest BCUT2D eigenvalue weighted by molar-refractivity contribution is -0.121. The van der Waals surface area contributed by atoms with Gasteiger partial charge in [-0.2, -0.15) is 30.6 Å². The van der Waals surface area contributed by atoms with Gasteiger partial charge in [0.2, 0.25) is 0 Å². The highest BCUT2D eigenvalue weighted by Crippen LogP contribution is 2.14. The van der Waals surface area contributed by atoms with Gasteiger partial charge in [0.05, 0.1) is 6.61 Å². The molecule has 0 radical (unpaired) electrons. The van der Waals surface area contributed by atoms with Gasteiger partial charge in [0, 0.05) is 13.1 Å². The van der Waals surface area contributed by atoms with Gasteiger partial charge in [-0.15, -0.1) is 0 Å². The smallest absolute Gasteiger partial charge is 0.395 e. The lowest BCUT2D eigenvalue weighted by Crippen LogP contribution is -2.45. The van der Waals surface area contributed by atoms with E-state index in [-0.39, 0.29) is 13.1 Å². The second-order valence-electron chi connectivity index (χ2n) is 3.98. The van der Waals surface area contributed by atoms with Crippen molar-refractivity contribution in [2.45, 2.75) is 12.7 Å². The molecule has 0 bridgehead atoms. The number of halogens is 3. The van der Waals surface area contributed by atoms with Crippen LogP contribution in [0.1, 0.15) is 5.56 Å². The Kier molecular flexibility index (Phi) is 5.93. The standard InChI is InChI=1S/C11H15F3N2O3S/c12-11(13,14)9-15-20(18,19)16(6-7-17)8-10-4-2-1-3-5-10/h1-5,15,17H,6-9H2. The van der Waals surface area contributed by atoms with Crippen LogP contribution in [0.4, 0.5) is 13.2 Å². The molecule has 1 aromatic carbocycles. The predicted molar refractivity (Wildman–Crippen MR) is 66.9 cm³/mol. The van der Waals surface area contributed by atoms with Gasteiger partial charge in [-0.3, -0.25) is 0 Å². The van der Waals surface area contributed by atoms with Gasteiger partial charge < -0.3 is 5.11 Å². The van der Waals surface area contributed by atoms with E-state index < -0.39 is 29.5 Å². The van der Waals surface area contributed by atoms with Crippen molar-refractivity contribution in [1.29, 1.82) is 0 Å². The maximum absolute atomic E-state index is 12.1. The number of rotatable bonds is 7. The van der Waals surface area contributed by atoms with Gasteiger partial charge in [0.1, 0.15) is 6.54 Å². The van der Waals surface area contributed by atoms with Crippen molar-refractivity contribution in [3.8, 4) is 0 Å². The number of hydrogen-bond donors (Lipinski definition) is 2. The first-order valence-corrected chi connectivity index (χ1v) is 7.15. The Morgan fingerprint density at radius 2 is 1.80 bits per heavy atom. The third-order valence-corrected chi connectivity index (χ3v) is 3.85. The molecule has 0 atom stereocenters. The number of hydrogen-bond acceptors (Lipinski definition) is 3. The summed E-state index contributed by atoms with van der Waals surface area (Å²) in [5, 5.41) is 8.85. The van der Waals surface area contributed by atoms with Gasteiger partial charge in [-0.05, 0) is 5.56 Å². The molecule has 0 fully saturated rings. The third-order valence-electron chi connectivity index (χ3n) is 2.35. The highest BCUT2D eigenvalue weighted by molar-refractivity contribution is 7.87. The van der Waals surface area contributed by atoms with Gasteiger partial charge in [0.25, 0.3) is 10.2 Å². The molecule has 2 N–H and O–H groups in total. The summed E-state index contributed by atoms with van der Waals surface area (Å²) >= 11 is 0. The predicted octanol–water partition coefficient (Wildman–Crippen LogP) is 0.878. The lowest BCUT2D eigenvalue weighted by Gasteiger charge is -2.22. The van der Waals surface area contributed by atoms with Gasteiger partial charge >= 0.3 is 6.18 Å². The van der Waals surface area contributed by atoms with Crippen molar-refractivity contribution >= 4 is 10.2 Å². The van der Waals surface area contributed by atoms with Crippen molar-refractivity contribution in [2.24, 2.45) is 0 Å². The van der Waals surface area contributed by atoms with Crippen molar-refractivity contribution in [2.75, 3.05) is 19.7 Å². The SMILES string of the molecule is O=S(=O)(NCC(F)(F)F)N(CCO)Cc1ccccc1. The Balaban J connectivity index is 2.78. The molecule has 0 aliphatic heterocycles. The molecule has 0 aromatic heterocycles. The minimum absolute atomic E-state index is 0.116. The van der Waals surface area contributed by atoms with E-state index in [2.05, 4.69) is 0 Å². The van der Waals surface area contributed by atoms with E-state index in [4.69, 9.17) is 5.11 Å². The molecule has 9 heteroatoms. The molecule has 1 aromatic rings. The fourth-order valence-electron chi connectivity index (χ4n) is 1.45. The summed E-state index contributed by atoms with van der Waals surface area (Å²) in [5.74, 6) is 0. The van der Waals surface area contributed by atoms with Crippen LogP contribution in [0.25, 0.3) is 0 Å². The number of nitrogens with zero attached hydrogens (tertiary/aromatic N) is 1. The fraction of sp³-hybridized carbons (Fsp3) is 0.455. The highest BCUT2D eigenvalue weighted by atomic mass is 32.2. The summed E-state index contributed by atoms with van der Waals surface area (Å²) < 4.78 is 62.0. The zero-order valence-corrected chi connectivity index (χ0v) is 11.3. The topological polar surface area (TPSA) is 69.6 Å². The molecule has 0 amide bonds. The van der Waals surface area contributed by atoms with Crippen LogP contribution in [0.15, 0.2) is 30.3 Å². The summed E-state index contributed by atoms with van der Waals surface area (Å²) in [6.45, 7) is -2.54. The molecule has 1 rings (SSSR count). The van der Waals surface area contributed by atoms with Gasteiger partial charge in [0.15, 0.2) is 0 Å². The zero-order chi connectivity index (χ0) is 15.2. The number of aliphatic hydroxyl groups excluding tert-OH is 1. The Morgan fingerprint density at radius 1 is 1.20 bits per heavy atom. The normalized spacial score (nSPS) is 12.8. The van der Waals surface area contributed by atoms with E-state index in [1.165, 1.54) is 4.72 Å². The molecule has 20 heavy (non-hydrogen) atoms. The fourth-order valence-corrected chi connectivity index (χ4v) is 2.62. The van der Waals surface area contributed by atoms with Crippen LogP contribution in [0.2, 0.25) is 0 Å². The Morgan fingerprint density at radius 3 is 2.30 bits per heavy atom. The zero-order valence-electron chi connectivity index (χ0n) is 10.5. The highest BCUT2D eigenvalue weighted by Gasteiger charge is 2.31. The van der Waals surface area contributed by atoms with E-state index in [1.807, 2.05) is 0 Å². The molecule has 0 saturated heterocycles. The second kappa shape index (κ2) is 7.02. The molecule has 0 unspecified atom stereocenters. The minimum Gasteiger partial charge on any atom is -0.395 e. The molecule has 114 valence electrons. The van der Waals surface area contributed by atoms with Gasteiger partial charge in [-0.25, -0.2) is 0 Å². The number of benzene rings is 1. The molecular weight excluding hydrogens is 297 g/mol. The van der Waals surface area contributed by atoms with Gasteiger partial charge in [-0.1, -0.05) is 30.3 Å². The Labute approximate surface area is 115 Å². The first kappa shape index (κ1) is 16.9. The minimum atomic E-state index is -4.63. The second-order valence-corrected chi connectivity index (χ2v) is 5.74. The molecular formula is C11H15F3N2O3S. The third kappa shape index (κ3) is 5.87. The molecule has 0 aliphatic carbocycles. The van der Waals surface area contributed by atoms with Crippen LogP contribution >= 0.6 is 0 Å². The average Bonchev–Trinajstić information content (AvgIpc) is 2.37. The number of nitrogens with one attached hydrogen (secondary N) is 1. The number of alkyl halides is 3. The van der Waals surface area contributed by atoms with Crippen LogP contribution in [0.3, 0.4) is 0 Å². The van der Waals surface area contributed by atoms with Crippen molar-refractivity contribution < 1.29 is 26.7 Å². The first-order valence-electron chi connectivity index (χ1n) is 5.71. The maximum atomic E-state index is 12.1. The Bertz CT molecular complexity index is 505.